The highest BCUT2D eigenvalue weighted by molar-refractivity contribution is 7.18. The largest absolute Gasteiger partial charge is 0.378 e. The molecule has 0 N–H and O–H groups in total. The average Bonchev–Trinajstić information content (AvgIpc) is 3.01. The Bertz CT molecular complexity index is 646. The second-order valence-corrected chi connectivity index (χ2v) is 6.53. The minimum atomic E-state index is 0.0571. The average molecular weight is 316 g/mol. The van der Waals surface area contributed by atoms with Gasteiger partial charge in [0.2, 0.25) is 0 Å². The summed E-state index contributed by atoms with van der Waals surface area (Å²) in [6.45, 7) is 3.22. The topological polar surface area (TPSA) is 32.8 Å². The second-order valence-electron chi connectivity index (χ2n) is 5.49. The van der Waals surface area contributed by atoms with Crippen LogP contribution in [0.15, 0.2) is 36.4 Å². The van der Waals surface area contributed by atoms with Crippen LogP contribution in [0.1, 0.15) is 9.67 Å². The van der Waals surface area contributed by atoms with E-state index in [0.717, 1.165) is 42.3 Å². The Labute approximate surface area is 134 Å². The van der Waals surface area contributed by atoms with Crippen LogP contribution >= 0.6 is 11.3 Å². The second kappa shape index (κ2) is 6.50. The van der Waals surface area contributed by atoms with Crippen molar-refractivity contribution in [3.05, 3.63) is 41.3 Å². The summed E-state index contributed by atoms with van der Waals surface area (Å²) < 4.78 is 5.45. The molecule has 1 aromatic carbocycles. The third-order valence-electron chi connectivity index (χ3n) is 3.71. The third kappa shape index (κ3) is 3.00. The monoisotopic (exact) mass is 316 g/mol. The molecule has 0 spiro atoms. The summed E-state index contributed by atoms with van der Waals surface area (Å²) in [5.74, 6) is 0.0571. The Kier molecular flexibility index (Phi) is 4.45. The molecule has 0 unspecified atom stereocenters. The molecule has 1 aliphatic heterocycles. The number of hydrogen-bond donors (Lipinski definition) is 0. The van der Waals surface area contributed by atoms with E-state index in [1.165, 1.54) is 5.00 Å². The van der Waals surface area contributed by atoms with Crippen molar-refractivity contribution in [1.29, 1.82) is 0 Å². The zero-order chi connectivity index (χ0) is 15.5. The minimum absolute atomic E-state index is 0.0571. The van der Waals surface area contributed by atoms with Crippen LogP contribution in [0.25, 0.3) is 11.1 Å². The maximum Gasteiger partial charge on any atom is 0.263 e. The molecule has 0 atom stereocenters. The van der Waals surface area contributed by atoms with Crippen molar-refractivity contribution in [1.82, 2.24) is 4.90 Å². The molecule has 2 heterocycles. The van der Waals surface area contributed by atoms with Gasteiger partial charge < -0.3 is 14.5 Å². The van der Waals surface area contributed by atoms with E-state index in [1.54, 1.807) is 30.3 Å². The lowest BCUT2D eigenvalue weighted by molar-refractivity contribution is 0.0832. The van der Waals surface area contributed by atoms with E-state index < -0.39 is 0 Å². The standard InChI is InChI=1S/C17H20N2O2S/c1-18(2)16(20)15-12-14(13-6-4-3-5-7-13)17(22-15)19-8-10-21-11-9-19/h3-7,12H,8-11H2,1-2H3. The third-order valence-corrected chi connectivity index (χ3v) is 4.90. The van der Waals surface area contributed by atoms with Crippen LogP contribution in [-0.2, 0) is 4.74 Å². The first-order valence-corrected chi connectivity index (χ1v) is 8.22. The summed E-state index contributed by atoms with van der Waals surface area (Å²) in [4.78, 5) is 17.1. The molecule has 22 heavy (non-hydrogen) atoms. The van der Waals surface area contributed by atoms with Crippen molar-refractivity contribution in [2.24, 2.45) is 0 Å². The van der Waals surface area contributed by atoms with E-state index in [4.69, 9.17) is 4.74 Å². The highest BCUT2D eigenvalue weighted by Crippen LogP contribution is 2.39. The number of morpholine rings is 1. The minimum Gasteiger partial charge on any atom is -0.378 e. The molecule has 0 saturated carbocycles. The van der Waals surface area contributed by atoms with E-state index in [1.807, 2.05) is 24.3 Å². The molecule has 0 bridgehead atoms. The Hall–Kier alpha value is -1.85. The van der Waals surface area contributed by atoms with Crippen molar-refractivity contribution in [2.75, 3.05) is 45.3 Å². The lowest BCUT2D eigenvalue weighted by Gasteiger charge is -2.28. The van der Waals surface area contributed by atoms with Crippen molar-refractivity contribution in [3.63, 3.8) is 0 Å². The molecular formula is C17H20N2O2S. The fourth-order valence-corrected chi connectivity index (χ4v) is 3.79. The molecule has 3 rings (SSSR count). The Morgan fingerprint density at radius 2 is 1.86 bits per heavy atom. The molecule has 0 radical (unpaired) electrons. The molecule has 0 aliphatic carbocycles. The van der Waals surface area contributed by atoms with Crippen LogP contribution in [0, 0.1) is 0 Å². The lowest BCUT2D eigenvalue weighted by atomic mass is 10.1. The van der Waals surface area contributed by atoms with Crippen molar-refractivity contribution in [3.8, 4) is 11.1 Å². The Balaban J connectivity index is 2.03. The fourth-order valence-electron chi connectivity index (χ4n) is 2.53. The normalized spacial score (nSPS) is 14.9. The van der Waals surface area contributed by atoms with Gasteiger partial charge in [-0.15, -0.1) is 11.3 Å². The molecule has 1 saturated heterocycles. The number of carbonyl (C=O) groups excluding carboxylic acids is 1. The number of carbonyl (C=O) groups is 1. The van der Waals surface area contributed by atoms with Gasteiger partial charge >= 0.3 is 0 Å². The van der Waals surface area contributed by atoms with E-state index >= 15 is 0 Å². The van der Waals surface area contributed by atoms with Crippen molar-refractivity contribution in [2.45, 2.75) is 0 Å². The van der Waals surface area contributed by atoms with E-state index in [9.17, 15) is 4.79 Å². The van der Waals surface area contributed by atoms with E-state index in [2.05, 4.69) is 17.0 Å². The summed E-state index contributed by atoms with van der Waals surface area (Å²) in [5.41, 5.74) is 2.29. The Morgan fingerprint density at radius 3 is 2.50 bits per heavy atom. The number of rotatable bonds is 3. The fraction of sp³-hybridized carbons (Fsp3) is 0.353. The number of anilines is 1. The quantitative estimate of drug-likeness (QED) is 0.873. The highest BCUT2D eigenvalue weighted by Gasteiger charge is 2.22. The highest BCUT2D eigenvalue weighted by atomic mass is 32.1. The molecule has 4 nitrogen and oxygen atoms in total. The first-order valence-electron chi connectivity index (χ1n) is 7.40. The van der Waals surface area contributed by atoms with E-state index in [0.29, 0.717) is 0 Å². The smallest absolute Gasteiger partial charge is 0.263 e. The molecule has 1 aromatic heterocycles. The van der Waals surface area contributed by atoms with Crippen LogP contribution in [0.4, 0.5) is 5.00 Å². The lowest BCUT2D eigenvalue weighted by Crippen LogP contribution is -2.35. The van der Waals surface area contributed by atoms with Gasteiger partial charge in [0.25, 0.3) is 5.91 Å². The maximum absolute atomic E-state index is 12.3. The summed E-state index contributed by atoms with van der Waals surface area (Å²) in [7, 11) is 3.58. The molecular weight excluding hydrogens is 296 g/mol. The summed E-state index contributed by atoms with van der Waals surface area (Å²) in [6.07, 6.45) is 0. The van der Waals surface area contributed by atoms with Crippen LogP contribution in [0.2, 0.25) is 0 Å². The zero-order valence-corrected chi connectivity index (χ0v) is 13.7. The van der Waals surface area contributed by atoms with Gasteiger partial charge in [-0.05, 0) is 11.6 Å². The predicted molar refractivity (Wildman–Crippen MR) is 90.8 cm³/mol. The molecule has 116 valence electrons. The summed E-state index contributed by atoms with van der Waals surface area (Å²) >= 11 is 1.58. The molecule has 1 fully saturated rings. The number of thiophene rings is 1. The van der Waals surface area contributed by atoms with Crippen LogP contribution in [0.3, 0.4) is 0 Å². The van der Waals surface area contributed by atoms with Crippen molar-refractivity contribution < 1.29 is 9.53 Å². The first-order chi connectivity index (χ1) is 10.7. The van der Waals surface area contributed by atoms with Gasteiger partial charge in [0.1, 0.15) is 0 Å². The van der Waals surface area contributed by atoms with Gasteiger partial charge in [-0.25, -0.2) is 0 Å². The van der Waals surface area contributed by atoms with Gasteiger partial charge in [0.05, 0.1) is 23.1 Å². The van der Waals surface area contributed by atoms with E-state index in [-0.39, 0.29) is 5.91 Å². The zero-order valence-electron chi connectivity index (χ0n) is 12.9. The predicted octanol–water partition coefficient (Wildman–Crippen LogP) is 2.95. The van der Waals surface area contributed by atoms with Gasteiger partial charge in [-0.3, -0.25) is 4.79 Å². The number of ether oxygens (including phenoxy) is 1. The summed E-state index contributed by atoms with van der Waals surface area (Å²) in [5, 5.41) is 1.17. The van der Waals surface area contributed by atoms with Gasteiger partial charge in [0.15, 0.2) is 0 Å². The maximum atomic E-state index is 12.3. The Morgan fingerprint density at radius 1 is 1.18 bits per heavy atom. The number of amides is 1. The van der Waals surface area contributed by atoms with Crippen LogP contribution < -0.4 is 4.90 Å². The molecule has 5 heteroatoms. The molecule has 1 amide bonds. The number of nitrogens with zero attached hydrogens (tertiary/aromatic N) is 2. The van der Waals surface area contributed by atoms with Gasteiger partial charge in [-0.1, -0.05) is 30.3 Å². The molecule has 1 aliphatic rings. The van der Waals surface area contributed by atoms with Crippen LogP contribution in [-0.4, -0.2) is 51.2 Å². The van der Waals surface area contributed by atoms with Gasteiger partial charge in [0, 0.05) is 32.7 Å². The number of benzene rings is 1. The SMILES string of the molecule is CN(C)C(=O)c1cc(-c2ccccc2)c(N2CCOCC2)s1. The van der Waals surface area contributed by atoms with Crippen LogP contribution in [0.5, 0.6) is 0 Å². The number of hydrogen-bond acceptors (Lipinski definition) is 4. The first kappa shape index (κ1) is 15.1. The summed E-state index contributed by atoms with van der Waals surface area (Å²) in [6, 6.07) is 12.3. The van der Waals surface area contributed by atoms with Crippen molar-refractivity contribution >= 4 is 22.2 Å². The van der Waals surface area contributed by atoms with Gasteiger partial charge in [-0.2, -0.15) is 0 Å². The molecule has 2 aromatic rings.